The summed E-state index contributed by atoms with van der Waals surface area (Å²) in [6, 6.07) is 22.4. The number of hydrogen-bond donors (Lipinski definition) is 0. The van der Waals surface area contributed by atoms with Crippen molar-refractivity contribution in [1.82, 2.24) is 0 Å². The molecule has 0 aromatic heterocycles. The van der Waals surface area contributed by atoms with Crippen LogP contribution < -0.4 is 9.64 Å². The quantitative estimate of drug-likeness (QED) is 0.469. The number of nitrogens with zero attached hydrogens (tertiary/aromatic N) is 1. The molecule has 0 radical (unpaired) electrons. The van der Waals surface area contributed by atoms with Gasteiger partial charge in [-0.15, -0.1) is 0 Å². The number of fused-ring (bicyclic) bond motifs is 1. The van der Waals surface area contributed by atoms with Crippen LogP contribution in [0, 0.1) is 6.92 Å². The molecule has 0 fully saturated rings. The summed E-state index contributed by atoms with van der Waals surface area (Å²) in [5.74, 6) is 0.235. The molecule has 0 unspecified atom stereocenters. The van der Waals surface area contributed by atoms with Crippen molar-refractivity contribution in [2.75, 3.05) is 12.0 Å². The van der Waals surface area contributed by atoms with E-state index in [1.165, 1.54) is 7.11 Å². The fraction of sp³-hybridized carbons (Fsp3) is 0.120. The average Bonchev–Trinajstić information content (AvgIpc) is 2.76. The van der Waals surface area contributed by atoms with Gasteiger partial charge < -0.3 is 9.47 Å². The van der Waals surface area contributed by atoms with Gasteiger partial charge in [-0.3, -0.25) is 9.69 Å². The highest BCUT2D eigenvalue weighted by molar-refractivity contribution is 6.09. The number of amides is 1. The molecule has 3 aromatic carbocycles. The first-order chi connectivity index (χ1) is 14.5. The Bertz CT molecular complexity index is 1130. The second kappa shape index (κ2) is 8.25. The first-order valence-electron chi connectivity index (χ1n) is 9.59. The largest absolute Gasteiger partial charge is 0.465 e. The van der Waals surface area contributed by atoms with Crippen LogP contribution >= 0.6 is 0 Å². The number of aryl methyl sites for hydroxylation is 1. The van der Waals surface area contributed by atoms with Crippen LogP contribution in [0.2, 0.25) is 0 Å². The minimum absolute atomic E-state index is 0.216. The molecule has 0 atom stereocenters. The van der Waals surface area contributed by atoms with Gasteiger partial charge in [-0.1, -0.05) is 54.1 Å². The van der Waals surface area contributed by atoms with E-state index < -0.39 is 5.97 Å². The minimum atomic E-state index is -0.405. The van der Waals surface area contributed by atoms with Gasteiger partial charge in [0.1, 0.15) is 0 Å². The fourth-order valence-corrected chi connectivity index (χ4v) is 3.40. The number of hydrogen-bond acceptors (Lipinski definition) is 4. The lowest BCUT2D eigenvalue weighted by Gasteiger charge is -2.30. The third-order valence-electron chi connectivity index (χ3n) is 4.88. The van der Waals surface area contributed by atoms with Crippen LogP contribution in [0.3, 0.4) is 0 Å². The van der Waals surface area contributed by atoms with E-state index in [4.69, 9.17) is 9.47 Å². The molecule has 30 heavy (non-hydrogen) atoms. The standard InChI is InChI=1S/C25H21NO4/c1-17-6-5-7-19(14-17)16-26-21-8-3-4-9-22(21)30-23(24(26)27)15-18-10-12-20(13-11-18)25(28)29-2/h3-15H,16H2,1-2H3. The summed E-state index contributed by atoms with van der Waals surface area (Å²) < 4.78 is 10.6. The summed E-state index contributed by atoms with van der Waals surface area (Å²) in [4.78, 5) is 26.6. The van der Waals surface area contributed by atoms with Gasteiger partial charge >= 0.3 is 5.97 Å². The monoisotopic (exact) mass is 399 g/mol. The Kier molecular flexibility index (Phi) is 5.35. The molecular formula is C25H21NO4. The predicted octanol–water partition coefficient (Wildman–Crippen LogP) is 4.75. The molecule has 1 amide bonds. The van der Waals surface area contributed by atoms with E-state index in [9.17, 15) is 9.59 Å². The van der Waals surface area contributed by atoms with E-state index in [1.807, 2.05) is 49.4 Å². The molecule has 0 N–H and O–H groups in total. The van der Waals surface area contributed by atoms with Crippen LogP contribution in [0.25, 0.3) is 6.08 Å². The van der Waals surface area contributed by atoms with Crippen LogP contribution in [0.15, 0.2) is 78.6 Å². The van der Waals surface area contributed by atoms with Crippen molar-refractivity contribution < 1.29 is 19.1 Å². The van der Waals surface area contributed by atoms with Crippen molar-refractivity contribution in [3.8, 4) is 5.75 Å². The third kappa shape index (κ3) is 3.96. The van der Waals surface area contributed by atoms with E-state index in [0.717, 1.165) is 22.4 Å². The summed E-state index contributed by atoms with van der Waals surface area (Å²) in [7, 11) is 1.34. The highest BCUT2D eigenvalue weighted by atomic mass is 16.5. The maximum atomic E-state index is 13.3. The Hall–Kier alpha value is -3.86. The van der Waals surface area contributed by atoms with E-state index in [1.54, 1.807) is 35.2 Å². The highest BCUT2D eigenvalue weighted by Crippen LogP contribution is 2.36. The number of rotatable bonds is 4. The first kappa shape index (κ1) is 19.5. The van der Waals surface area contributed by atoms with Crippen molar-refractivity contribution in [3.05, 3.63) is 101 Å². The summed E-state index contributed by atoms with van der Waals surface area (Å²) >= 11 is 0. The average molecular weight is 399 g/mol. The summed E-state index contributed by atoms with van der Waals surface area (Å²) in [5.41, 5.74) is 4.12. The van der Waals surface area contributed by atoms with Crippen LogP contribution in [-0.2, 0) is 16.1 Å². The molecule has 1 aliphatic heterocycles. The lowest BCUT2D eigenvalue weighted by Crippen LogP contribution is -2.36. The van der Waals surface area contributed by atoms with Gasteiger partial charge in [-0.05, 0) is 48.4 Å². The second-order valence-electron chi connectivity index (χ2n) is 7.07. The second-order valence-corrected chi connectivity index (χ2v) is 7.07. The normalized spacial score (nSPS) is 14.3. The van der Waals surface area contributed by atoms with Gasteiger partial charge in [0.2, 0.25) is 0 Å². The molecule has 3 aromatic rings. The molecule has 0 saturated carbocycles. The number of para-hydroxylation sites is 2. The molecule has 1 heterocycles. The Labute approximate surface area is 175 Å². The number of anilines is 1. The Morgan fingerprint density at radius 1 is 1.03 bits per heavy atom. The number of benzene rings is 3. The lowest BCUT2D eigenvalue weighted by molar-refractivity contribution is -0.117. The maximum Gasteiger partial charge on any atom is 0.337 e. The van der Waals surface area contributed by atoms with E-state index >= 15 is 0 Å². The predicted molar refractivity (Wildman–Crippen MR) is 115 cm³/mol. The van der Waals surface area contributed by atoms with Gasteiger partial charge in [0, 0.05) is 0 Å². The van der Waals surface area contributed by atoms with Crippen molar-refractivity contribution in [2.24, 2.45) is 0 Å². The molecule has 5 heteroatoms. The summed E-state index contributed by atoms with van der Waals surface area (Å²) in [5, 5.41) is 0. The maximum absolute atomic E-state index is 13.3. The molecular weight excluding hydrogens is 378 g/mol. The zero-order valence-electron chi connectivity index (χ0n) is 16.8. The van der Waals surface area contributed by atoms with Gasteiger partial charge in [-0.25, -0.2) is 4.79 Å². The van der Waals surface area contributed by atoms with Gasteiger partial charge in [0.25, 0.3) is 5.91 Å². The van der Waals surface area contributed by atoms with Crippen molar-refractivity contribution in [2.45, 2.75) is 13.5 Å². The number of methoxy groups -OCH3 is 1. The lowest BCUT2D eigenvalue weighted by atomic mass is 10.1. The molecule has 150 valence electrons. The number of esters is 1. The van der Waals surface area contributed by atoms with Crippen LogP contribution in [0.1, 0.15) is 27.0 Å². The molecule has 1 aliphatic rings. The number of carbonyl (C=O) groups is 2. The smallest absolute Gasteiger partial charge is 0.337 e. The molecule has 0 aliphatic carbocycles. The molecule has 0 saturated heterocycles. The number of carbonyl (C=O) groups excluding carboxylic acids is 2. The third-order valence-corrected chi connectivity index (χ3v) is 4.88. The Morgan fingerprint density at radius 3 is 2.53 bits per heavy atom. The fourth-order valence-electron chi connectivity index (χ4n) is 3.40. The van der Waals surface area contributed by atoms with Gasteiger partial charge in [0.05, 0.1) is 24.9 Å². The van der Waals surface area contributed by atoms with Gasteiger partial charge in [-0.2, -0.15) is 0 Å². The molecule has 0 bridgehead atoms. The SMILES string of the molecule is COC(=O)c1ccc(C=C2Oc3ccccc3N(Cc3cccc(C)c3)C2=O)cc1. The molecule has 4 rings (SSSR count). The number of ether oxygens (including phenoxy) is 2. The van der Waals surface area contributed by atoms with E-state index in [2.05, 4.69) is 6.07 Å². The minimum Gasteiger partial charge on any atom is -0.465 e. The highest BCUT2D eigenvalue weighted by Gasteiger charge is 2.30. The van der Waals surface area contributed by atoms with Crippen LogP contribution in [0.4, 0.5) is 5.69 Å². The first-order valence-corrected chi connectivity index (χ1v) is 9.59. The van der Waals surface area contributed by atoms with E-state index in [0.29, 0.717) is 17.9 Å². The van der Waals surface area contributed by atoms with Crippen molar-refractivity contribution in [1.29, 1.82) is 0 Å². The molecule has 5 nitrogen and oxygen atoms in total. The topological polar surface area (TPSA) is 55.8 Å². The summed E-state index contributed by atoms with van der Waals surface area (Å²) in [6.45, 7) is 2.47. The zero-order chi connectivity index (χ0) is 21.1. The van der Waals surface area contributed by atoms with Crippen LogP contribution in [0.5, 0.6) is 5.75 Å². The Balaban J connectivity index is 1.68. The molecule has 0 spiro atoms. The van der Waals surface area contributed by atoms with Crippen molar-refractivity contribution in [3.63, 3.8) is 0 Å². The van der Waals surface area contributed by atoms with Gasteiger partial charge in [0.15, 0.2) is 11.5 Å². The Morgan fingerprint density at radius 2 is 1.80 bits per heavy atom. The zero-order valence-corrected chi connectivity index (χ0v) is 16.8. The van der Waals surface area contributed by atoms with Crippen LogP contribution in [-0.4, -0.2) is 19.0 Å². The summed E-state index contributed by atoms with van der Waals surface area (Å²) in [6.07, 6.45) is 1.68. The van der Waals surface area contributed by atoms with E-state index in [-0.39, 0.29) is 11.7 Å². The van der Waals surface area contributed by atoms with Crippen molar-refractivity contribution >= 4 is 23.6 Å².